The van der Waals surface area contributed by atoms with E-state index in [4.69, 9.17) is 16.3 Å². The number of nitrogens with one attached hydrogen (secondary N) is 1. The van der Waals surface area contributed by atoms with Gasteiger partial charge < -0.3 is 15.0 Å². The lowest BCUT2D eigenvalue weighted by atomic mass is 10.1. The maximum absolute atomic E-state index is 13.1. The van der Waals surface area contributed by atoms with E-state index < -0.39 is 0 Å². The zero-order valence-corrected chi connectivity index (χ0v) is 16.0. The molecule has 1 unspecified atom stereocenters. The van der Waals surface area contributed by atoms with Gasteiger partial charge in [-0.15, -0.1) is 0 Å². The van der Waals surface area contributed by atoms with Crippen LogP contribution in [0.5, 0.6) is 0 Å². The highest BCUT2D eigenvalue weighted by molar-refractivity contribution is 6.30. The van der Waals surface area contributed by atoms with Gasteiger partial charge in [0.15, 0.2) is 0 Å². The van der Waals surface area contributed by atoms with Crippen molar-refractivity contribution in [1.82, 2.24) is 15.2 Å². The van der Waals surface area contributed by atoms with Gasteiger partial charge in [0.1, 0.15) is 0 Å². The molecule has 4 rings (SSSR count). The van der Waals surface area contributed by atoms with Crippen LogP contribution in [0.1, 0.15) is 36.8 Å². The number of nitrogens with zero attached hydrogens (tertiary/aromatic N) is 2. The van der Waals surface area contributed by atoms with Crippen LogP contribution >= 0.6 is 11.6 Å². The molecule has 1 atom stereocenters. The first kappa shape index (κ1) is 18.3. The molecule has 0 radical (unpaired) electrons. The van der Waals surface area contributed by atoms with Gasteiger partial charge in [0, 0.05) is 37.1 Å². The van der Waals surface area contributed by atoms with Gasteiger partial charge in [-0.05, 0) is 61.1 Å². The van der Waals surface area contributed by atoms with Gasteiger partial charge in [-0.3, -0.25) is 4.98 Å². The lowest BCUT2D eigenvalue weighted by Gasteiger charge is -2.29. The molecule has 0 spiro atoms. The predicted molar refractivity (Wildman–Crippen MR) is 105 cm³/mol. The quantitative estimate of drug-likeness (QED) is 0.813. The first-order chi connectivity index (χ1) is 13.1. The number of amides is 2. The van der Waals surface area contributed by atoms with Gasteiger partial charge in [-0.25, -0.2) is 4.79 Å². The van der Waals surface area contributed by atoms with E-state index in [9.17, 15) is 4.79 Å². The Labute approximate surface area is 164 Å². The standard InChI is InChI=1S/C21H24ClN3O2/c22-18-5-3-17(4-6-18)21(9-10-21)24-20(26)25(15-19-2-1-13-27-19)14-16-7-11-23-12-8-16/h3-8,11-12,19H,1-2,9-10,13-15H2,(H,24,26). The molecule has 2 fully saturated rings. The summed E-state index contributed by atoms with van der Waals surface area (Å²) in [5.74, 6) is 0. The van der Waals surface area contributed by atoms with Crippen LogP contribution in [-0.2, 0) is 16.8 Å². The normalized spacial score (nSPS) is 20.3. The average molecular weight is 386 g/mol. The highest BCUT2D eigenvalue weighted by Crippen LogP contribution is 2.45. The van der Waals surface area contributed by atoms with Crippen molar-refractivity contribution in [2.24, 2.45) is 0 Å². The van der Waals surface area contributed by atoms with Crippen molar-refractivity contribution in [3.05, 3.63) is 64.9 Å². The number of rotatable bonds is 6. The second-order valence-electron chi connectivity index (χ2n) is 7.39. The number of ether oxygens (including phenoxy) is 1. The van der Waals surface area contributed by atoms with E-state index in [0.29, 0.717) is 18.1 Å². The molecular weight excluding hydrogens is 362 g/mol. The summed E-state index contributed by atoms with van der Waals surface area (Å²) in [6, 6.07) is 11.6. The molecule has 6 heteroatoms. The third-order valence-corrected chi connectivity index (χ3v) is 5.60. The third kappa shape index (κ3) is 4.42. The van der Waals surface area contributed by atoms with Crippen LogP contribution in [0, 0.1) is 0 Å². The number of halogens is 1. The Morgan fingerprint density at radius 3 is 2.59 bits per heavy atom. The van der Waals surface area contributed by atoms with Gasteiger partial charge in [0.2, 0.25) is 0 Å². The number of benzene rings is 1. The van der Waals surface area contributed by atoms with E-state index in [1.165, 1.54) is 0 Å². The summed E-state index contributed by atoms with van der Waals surface area (Å²) < 4.78 is 5.77. The van der Waals surface area contributed by atoms with Crippen molar-refractivity contribution in [2.75, 3.05) is 13.2 Å². The zero-order valence-electron chi connectivity index (χ0n) is 15.2. The first-order valence-electron chi connectivity index (χ1n) is 9.48. The van der Waals surface area contributed by atoms with E-state index in [-0.39, 0.29) is 17.7 Å². The van der Waals surface area contributed by atoms with E-state index in [2.05, 4.69) is 10.3 Å². The topological polar surface area (TPSA) is 54.5 Å². The van der Waals surface area contributed by atoms with Crippen LogP contribution < -0.4 is 5.32 Å². The van der Waals surface area contributed by atoms with Crippen LogP contribution in [0.4, 0.5) is 4.79 Å². The second-order valence-corrected chi connectivity index (χ2v) is 7.83. The molecule has 2 aliphatic rings. The minimum atomic E-state index is -0.269. The Balaban J connectivity index is 1.48. The third-order valence-electron chi connectivity index (χ3n) is 5.35. The molecule has 2 amide bonds. The SMILES string of the molecule is O=C(NC1(c2ccc(Cl)cc2)CC1)N(Cc1ccncc1)CC1CCCO1. The van der Waals surface area contributed by atoms with Gasteiger partial charge >= 0.3 is 6.03 Å². The Morgan fingerprint density at radius 1 is 1.22 bits per heavy atom. The Morgan fingerprint density at radius 2 is 1.96 bits per heavy atom. The number of aromatic nitrogens is 1. The molecule has 2 heterocycles. The maximum atomic E-state index is 13.1. The number of hydrogen-bond donors (Lipinski definition) is 1. The van der Waals surface area contributed by atoms with E-state index in [0.717, 1.165) is 43.4 Å². The van der Waals surface area contributed by atoms with Gasteiger partial charge in [-0.2, -0.15) is 0 Å². The zero-order chi connectivity index (χ0) is 18.7. The molecule has 0 bridgehead atoms. The van der Waals surface area contributed by atoms with Crippen molar-refractivity contribution >= 4 is 17.6 Å². The highest BCUT2D eigenvalue weighted by atomic mass is 35.5. The van der Waals surface area contributed by atoms with Gasteiger partial charge in [-0.1, -0.05) is 23.7 Å². The average Bonchev–Trinajstić information content (AvgIpc) is 3.27. The highest BCUT2D eigenvalue weighted by Gasteiger charge is 2.46. The number of hydrogen-bond acceptors (Lipinski definition) is 3. The van der Waals surface area contributed by atoms with Crippen LogP contribution in [-0.4, -0.2) is 35.2 Å². The summed E-state index contributed by atoms with van der Waals surface area (Å²) in [7, 11) is 0. The first-order valence-corrected chi connectivity index (χ1v) is 9.86. The van der Waals surface area contributed by atoms with E-state index in [1.54, 1.807) is 12.4 Å². The molecular formula is C21H24ClN3O2. The fraction of sp³-hybridized carbons (Fsp3) is 0.429. The minimum absolute atomic E-state index is 0.0465. The maximum Gasteiger partial charge on any atom is 0.318 e. The molecule has 1 aliphatic heterocycles. The molecule has 2 aromatic rings. The van der Waals surface area contributed by atoms with Crippen molar-refractivity contribution in [3.63, 3.8) is 0 Å². The fourth-order valence-corrected chi connectivity index (χ4v) is 3.75. The molecule has 1 N–H and O–H groups in total. The number of carbonyl (C=O) groups excluding carboxylic acids is 1. The number of carbonyl (C=O) groups is 1. The van der Waals surface area contributed by atoms with Crippen molar-refractivity contribution < 1.29 is 9.53 Å². The number of urea groups is 1. The lowest BCUT2D eigenvalue weighted by molar-refractivity contribution is 0.0786. The Hall–Kier alpha value is -2.11. The van der Waals surface area contributed by atoms with Crippen LogP contribution in [0.15, 0.2) is 48.8 Å². The van der Waals surface area contributed by atoms with Gasteiger partial charge in [0.25, 0.3) is 0 Å². The van der Waals surface area contributed by atoms with Gasteiger partial charge in [0.05, 0.1) is 11.6 Å². The summed E-state index contributed by atoms with van der Waals surface area (Å²) in [6.07, 6.45) is 7.59. The molecule has 1 aromatic carbocycles. The summed E-state index contributed by atoms with van der Waals surface area (Å²) in [5, 5.41) is 3.98. The summed E-state index contributed by atoms with van der Waals surface area (Å²) in [5.41, 5.74) is 1.91. The molecule has 142 valence electrons. The van der Waals surface area contributed by atoms with Crippen molar-refractivity contribution in [1.29, 1.82) is 0 Å². The van der Waals surface area contributed by atoms with Crippen LogP contribution in [0.2, 0.25) is 5.02 Å². The van der Waals surface area contributed by atoms with Crippen LogP contribution in [0.3, 0.4) is 0 Å². The van der Waals surface area contributed by atoms with Crippen molar-refractivity contribution in [2.45, 2.75) is 43.9 Å². The summed E-state index contributed by atoms with van der Waals surface area (Å²) in [6.45, 7) is 1.93. The Kier molecular flexibility index (Phi) is 5.32. The molecule has 1 saturated heterocycles. The molecule has 27 heavy (non-hydrogen) atoms. The summed E-state index contributed by atoms with van der Waals surface area (Å²) >= 11 is 6.01. The smallest absolute Gasteiger partial charge is 0.318 e. The van der Waals surface area contributed by atoms with E-state index >= 15 is 0 Å². The lowest BCUT2D eigenvalue weighted by Crippen LogP contribution is -2.47. The monoisotopic (exact) mass is 385 g/mol. The molecule has 1 saturated carbocycles. The fourth-order valence-electron chi connectivity index (χ4n) is 3.63. The van der Waals surface area contributed by atoms with E-state index in [1.807, 2.05) is 41.3 Å². The van der Waals surface area contributed by atoms with Crippen LogP contribution in [0.25, 0.3) is 0 Å². The summed E-state index contributed by atoms with van der Waals surface area (Å²) in [4.78, 5) is 19.1. The minimum Gasteiger partial charge on any atom is -0.376 e. The largest absolute Gasteiger partial charge is 0.376 e. The second kappa shape index (κ2) is 7.87. The molecule has 5 nitrogen and oxygen atoms in total. The van der Waals surface area contributed by atoms with Crippen molar-refractivity contribution in [3.8, 4) is 0 Å². The predicted octanol–water partition coefficient (Wildman–Crippen LogP) is 4.11. The Bertz CT molecular complexity index is 772. The molecule has 1 aliphatic carbocycles. The molecule has 1 aromatic heterocycles. The number of pyridine rings is 1.